The third-order valence-electron chi connectivity index (χ3n) is 4.36. The van der Waals surface area contributed by atoms with Gasteiger partial charge in [0.05, 0.1) is 16.8 Å². The van der Waals surface area contributed by atoms with Crippen molar-refractivity contribution in [2.24, 2.45) is 0 Å². The minimum atomic E-state index is -0.357. The highest BCUT2D eigenvalue weighted by molar-refractivity contribution is 7.22. The molecule has 0 aliphatic heterocycles. The molecule has 0 saturated heterocycles. The van der Waals surface area contributed by atoms with E-state index in [4.69, 9.17) is 20.9 Å². The van der Waals surface area contributed by atoms with Gasteiger partial charge in [-0.3, -0.25) is 10.1 Å². The van der Waals surface area contributed by atoms with Gasteiger partial charge in [0.1, 0.15) is 28.3 Å². The molecule has 0 atom stereocenters. The second-order valence-corrected chi connectivity index (χ2v) is 7.58. The van der Waals surface area contributed by atoms with Crippen LogP contribution in [0.4, 0.5) is 5.13 Å². The lowest BCUT2D eigenvalue weighted by Gasteiger charge is -2.04. The molecule has 28 heavy (non-hydrogen) atoms. The summed E-state index contributed by atoms with van der Waals surface area (Å²) in [6.07, 6.45) is 0. The topological polar surface area (TPSA) is 77.2 Å². The quantitative estimate of drug-likeness (QED) is 0.479. The molecule has 2 heterocycles. The number of hydrogen-bond donors (Lipinski definition) is 1. The first kappa shape index (κ1) is 18.5. The van der Waals surface area contributed by atoms with Gasteiger partial charge < -0.3 is 9.26 Å². The maximum absolute atomic E-state index is 13.0. The zero-order valence-corrected chi connectivity index (χ0v) is 16.9. The first-order valence-electron chi connectivity index (χ1n) is 8.46. The lowest BCUT2D eigenvalue weighted by Crippen LogP contribution is -2.13. The van der Waals surface area contributed by atoms with Crippen LogP contribution in [0, 0.1) is 13.8 Å². The highest BCUT2D eigenvalue weighted by Gasteiger charge is 2.24. The molecule has 0 spiro atoms. The number of aromatic nitrogens is 2. The number of fused-ring (bicyclic) bond motifs is 1. The molecule has 6 nitrogen and oxygen atoms in total. The first-order chi connectivity index (χ1) is 13.5. The lowest BCUT2D eigenvalue weighted by molar-refractivity contribution is 0.102. The highest BCUT2D eigenvalue weighted by Crippen LogP contribution is 2.36. The fourth-order valence-electron chi connectivity index (χ4n) is 2.96. The molecule has 4 rings (SSSR count). The van der Waals surface area contributed by atoms with Gasteiger partial charge in [0.25, 0.3) is 5.91 Å². The van der Waals surface area contributed by atoms with Crippen molar-refractivity contribution in [3.8, 4) is 17.0 Å². The number of nitrogens with one attached hydrogen (secondary N) is 1. The first-order valence-corrected chi connectivity index (χ1v) is 9.65. The van der Waals surface area contributed by atoms with E-state index in [2.05, 4.69) is 15.5 Å². The number of nitrogens with zero attached hydrogens (tertiary/aromatic N) is 2. The molecule has 0 radical (unpaired) electrons. The Balaban J connectivity index is 1.73. The van der Waals surface area contributed by atoms with Crippen LogP contribution < -0.4 is 10.1 Å². The smallest absolute Gasteiger partial charge is 0.263 e. The van der Waals surface area contributed by atoms with Crippen LogP contribution in [0.2, 0.25) is 5.02 Å². The van der Waals surface area contributed by atoms with Crippen LogP contribution in [0.15, 0.2) is 40.9 Å². The number of aryl methyl sites for hydroxylation is 2. The second kappa shape index (κ2) is 7.26. The summed E-state index contributed by atoms with van der Waals surface area (Å²) in [7, 11) is 1.60. The molecule has 4 aromatic rings. The minimum Gasteiger partial charge on any atom is -0.494 e. The van der Waals surface area contributed by atoms with E-state index in [0.29, 0.717) is 38.5 Å². The minimum absolute atomic E-state index is 0.330. The summed E-state index contributed by atoms with van der Waals surface area (Å²) in [5, 5.41) is 7.85. The fourth-order valence-corrected chi connectivity index (χ4v) is 4.14. The van der Waals surface area contributed by atoms with Crippen LogP contribution in [0.25, 0.3) is 21.5 Å². The normalized spacial score (nSPS) is 11.0. The Morgan fingerprint density at radius 2 is 2.00 bits per heavy atom. The van der Waals surface area contributed by atoms with Gasteiger partial charge in [-0.25, -0.2) is 4.98 Å². The average Bonchev–Trinajstić information content (AvgIpc) is 3.26. The molecular weight excluding hydrogens is 398 g/mol. The highest BCUT2D eigenvalue weighted by atomic mass is 35.5. The van der Waals surface area contributed by atoms with Gasteiger partial charge in [-0.05, 0) is 31.5 Å². The molecule has 0 bridgehead atoms. The number of anilines is 1. The Kier molecular flexibility index (Phi) is 4.78. The molecule has 0 saturated carbocycles. The average molecular weight is 414 g/mol. The number of carbonyl (C=O) groups is 1. The zero-order valence-electron chi connectivity index (χ0n) is 15.4. The summed E-state index contributed by atoms with van der Waals surface area (Å²) in [5.74, 6) is 0.710. The molecule has 0 aliphatic carbocycles. The molecule has 0 aliphatic rings. The molecule has 0 fully saturated rings. The van der Waals surface area contributed by atoms with Crippen LogP contribution in [0.5, 0.6) is 5.75 Å². The van der Waals surface area contributed by atoms with E-state index >= 15 is 0 Å². The van der Waals surface area contributed by atoms with E-state index in [1.165, 1.54) is 11.3 Å². The lowest BCUT2D eigenvalue weighted by atomic mass is 10.1. The van der Waals surface area contributed by atoms with Gasteiger partial charge >= 0.3 is 0 Å². The maximum Gasteiger partial charge on any atom is 0.263 e. The third-order valence-corrected chi connectivity index (χ3v) is 5.80. The van der Waals surface area contributed by atoms with E-state index < -0.39 is 0 Å². The molecule has 2 aromatic carbocycles. The Morgan fingerprint density at radius 1 is 1.21 bits per heavy atom. The number of rotatable bonds is 4. The van der Waals surface area contributed by atoms with E-state index in [1.807, 2.05) is 31.2 Å². The Hall–Kier alpha value is -2.90. The van der Waals surface area contributed by atoms with Gasteiger partial charge in [0, 0.05) is 5.56 Å². The predicted molar refractivity (Wildman–Crippen MR) is 111 cm³/mol. The number of methoxy groups -OCH3 is 1. The van der Waals surface area contributed by atoms with Gasteiger partial charge in [0.2, 0.25) is 0 Å². The van der Waals surface area contributed by atoms with Crippen molar-refractivity contribution in [2.45, 2.75) is 13.8 Å². The van der Waals surface area contributed by atoms with Crippen molar-refractivity contribution >= 4 is 44.2 Å². The monoisotopic (exact) mass is 413 g/mol. The van der Waals surface area contributed by atoms with Crippen molar-refractivity contribution in [1.29, 1.82) is 0 Å². The Bertz CT molecular complexity index is 1200. The molecule has 8 heteroatoms. The SMILES string of the molecule is COc1ccc(C)c2sc(NC(=O)c3c(-c4ccccc4Cl)noc3C)nc12. The molecular formula is C20H16ClN3O3S. The number of benzene rings is 2. The van der Waals surface area contributed by atoms with Crippen molar-refractivity contribution in [2.75, 3.05) is 12.4 Å². The van der Waals surface area contributed by atoms with E-state index in [9.17, 15) is 4.79 Å². The van der Waals surface area contributed by atoms with Crippen LogP contribution in [-0.2, 0) is 0 Å². The Morgan fingerprint density at radius 3 is 2.75 bits per heavy atom. The molecule has 1 N–H and O–H groups in total. The van der Waals surface area contributed by atoms with Gasteiger partial charge in [0.15, 0.2) is 5.13 Å². The maximum atomic E-state index is 13.0. The molecule has 142 valence electrons. The van der Waals surface area contributed by atoms with Crippen LogP contribution >= 0.6 is 22.9 Å². The summed E-state index contributed by atoms with van der Waals surface area (Å²) >= 11 is 7.66. The predicted octanol–water partition coefficient (Wildman–Crippen LogP) is 5.48. The van der Waals surface area contributed by atoms with E-state index in [-0.39, 0.29) is 5.91 Å². The number of carbonyl (C=O) groups excluding carboxylic acids is 1. The number of amides is 1. The van der Waals surface area contributed by atoms with E-state index in [1.54, 1.807) is 26.2 Å². The van der Waals surface area contributed by atoms with Gasteiger partial charge in [-0.1, -0.05) is 52.4 Å². The van der Waals surface area contributed by atoms with Gasteiger partial charge in [-0.15, -0.1) is 0 Å². The number of thiazole rings is 1. The van der Waals surface area contributed by atoms with Crippen molar-refractivity contribution in [1.82, 2.24) is 10.1 Å². The summed E-state index contributed by atoms with van der Waals surface area (Å²) in [4.78, 5) is 17.5. The number of hydrogen-bond acceptors (Lipinski definition) is 6. The van der Waals surface area contributed by atoms with Crippen molar-refractivity contribution < 1.29 is 14.1 Å². The number of halogens is 1. The summed E-state index contributed by atoms with van der Waals surface area (Å²) in [5.41, 5.74) is 3.14. The third kappa shape index (κ3) is 3.12. The zero-order chi connectivity index (χ0) is 19.8. The Labute approximate surface area is 170 Å². The molecule has 0 unspecified atom stereocenters. The van der Waals surface area contributed by atoms with Crippen molar-refractivity contribution in [3.63, 3.8) is 0 Å². The standard InChI is InChI=1S/C20H16ClN3O3S/c1-10-8-9-14(26-3)17-18(10)28-20(22-17)23-19(25)15-11(2)27-24-16(15)12-6-4-5-7-13(12)21/h4-9H,1-3H3,(H,22,23,25). The van der Waals surface area contributed by atoms with Crippen LogP contribution in [-0.4, -0.2) is 23.2 Å². The second-order valence-electron chi connectivity index (χ2n) is 6.18. The van der Waals surface area contributed by atoms with Crippen molar-refractivity contribution in [3.05, 3.63) is 58.3 Å². The summed E-state index contributed by atoms with van der Waals surface area (Å²) in [6.45, 7) is 3.68. The van der Waals surface area contributed by atoms with E-state index in [0.717, 1.165) is 15.8 Å². The van der Waals surface area contributed by atoms with Crippen LogP contribution in [0.3, 0.4) is 0 Å². The fraction of sp³-hybridized carbons (Fsp3) is 0.150. The van der Waals surface area contributed by atoms with Gasteiger partial charge in [-0.2, -0.15) is 0 Å². The largest absolute Gasteiger partial charge is 0.494 e. The summed E-state index contributed by atoms with van der Waals surface area (Å²) < 4.78 is 11.6. The molecule has 2 aromatic heterocycles. The number of ether oxygens (including phenoxy) is 1. The van der Waals surface area contributed by atoms with Crippen LogP contribution in [0.1, 0.15) is 21.7 Å². The summed E-state index contributed by atoms with van der Waals surface area (Å²) in [6, 6.07) is 11.0. The molecule has 1 amide bonds.